The molecule has 8 heteroatoms. The van der Waals surface area contributed by atoms with E-state index >= 15 is 0 Å². The smallest absolute Gasteiger partial charge is 0.262 e. The SMILES string of the molecule is CCOCCN(C)S(=O)(=O)c1n[nH]c(C)c1CNC1CC1. The summed E-state index contributed by atoms with van der Waals surface area (Å²) in [6, 6.07) is 0.519. The lowest BCUT2D eigenvalue weighted by Gasteiger charge is -2.16. The van der Waals surface area contributed by atoms with Crippen LogP contribution in [0, 0.1) is 6.92 Å². The first kappa shape index (κ1) is 16.4. The Morgan fingerprint density at radius 2 is 2.19 bits per heavy atom. The van der Waals surface area contributed by atoms with Crippen molar-refractivity contribution < 1.29 is 13.2 Å². The van der Waals surface area contributed by atoms with Crippen LogP contribution in [0.3, 0.4) is 0 Å². The fraction of sp³-hybridized carbons (Fsp3) is 0.769. The number of hydrogen-bond acceptors (Lipinski definition) is 5. The Morgan fingerprint density at radius 1 is 1.48 bits per heavy atom. The van der Waals surface area contributed by atoms with E-state index in [2.05, 4.69) is 15.5 Å². The standard InChI is InChI=1S/C13H24N4O3S/c1-4-20-8-7-17(3)21(18,19)13-12(10(2)15-16-13)9-14-11-5-6-11/h11,14H,4-9H2,1-3H3,(H,15,16). The molecule has 1 fully saturated rings. The van der Waals surface area contributed by atoms with Gasteiger partial charge in [0.1, 0.15) is 0 Å². The van der Waals surface area contributed by atoms with Crippen LogP contribution in [0.4, 0.5) is 0 Å². The highest BCUT2D eigenvalue weighted by molar-refractivity contribution is 7.89. The second-order valence-electron chi connectivity index (χ2n) is 5.31. The average molecular weight is 316 g/mol. The van der Waals surface area contributed by atoms with E-state index in [-0.39, 0.29) is 5.03 Å². The number of ether oxygens (including phenoxy) is 1. The van der Waals surface area contributed by atoms with Gasteiger partial charge in [-0.1, -0.05) is 0 Å². The Labute approximate surface area is 126 Å². The molecule has 0 radical (unpaired) electrons. The van der Waals surface area contributed by atoms with Crippen LogP contribution >= 0.6 is 0 Å². The molecule has 2 N–H and O–H groups in total. The van der Waals surface area contributed by atoms with Crippen LogP contribution in [0.25, 0.3) is 0 Å². The minimum atomic E-state index is -3.59. The fourth-order valence-electron chi connectivity index (χ4n) is 1.99. The number of nitrogens with one attached hydrogen (secondary N) is 2. The highest BCUT2D eigenvalue weighted by Gasteiger charge is 2.29. The zero-order chi connectivity index (χ0) is 15.5. The number of aryl methyl sites for hydroxylation is 1. The van der Waals surface area contributed by atoms with Crippen LogP contribution < -0.4 is 5.32 Å². The summed E-state index contributed by atoms with van der Waals surface area (Å²) in [5, 5.41) is 10.2. The number of aromatic nitrogens is 2. The van der Waals surface area contributed by atoms with Gasteiger partial charge in [-0.3, -0.25) is 5.10 Å². The number of nitrogens with zero attached hydrogens (tertiary/aromatic N) is 2. The highest BCUT2D eigenvalue weighted by atomic mass is 32.2. The van der Waals surface area contributed by atoms with Gasteiger partial charge in [0, 0.05) is 44.0 Å². The van der Waals surface area contributed by atoms with E-state index in [4.69, 9.17) is 4.74 Å². The van der Waals surface area contributed by atoms with Crippen molar-refractivity contribution in [1.82, 2.24) is 19.8 Å². The normalized spacial score (nSPS) is 15.8. The van der Waals surface area contributed by atoms with Crippen LogP contribution in [-0.4, -0.2) is 55.8 Å². The van der Waals surface area contributed by atoms with E-state index in [0.717, 1.165) is 24.1 Å². The zero-order valence-corrected chi connectivity index (χ0v) is 13.7. The van der Waals surface area contributed by atoms with Crippen LogP contribution in [0.15, 0.2) is 5.03 Å². The molecule has 0 unspecified atom stereocenters. The van der Waals surface area contributed by atoms with Gasteiger partial charge in [-0.2, -0.15) is 9.40 Å². The molecule has 0 amide bonds. The van der Waals surface area contributed by atoms with Crippen LogP contribution in [-0.2, 0) is 21.3 Å². The first-order valence-corrected chi connectivity index (χ1v) is 8.72. The molecule has 0 spiro atoms. The molecule has 21 heavy (non-hydrogen) atoms. The fourth-order valence-corrected chi connectivity index (χ4v) is 3.30. The molecule has 1 aromatic rings. The van der Waals surface area contributed by atoms with E-state index in [1.807, 2.05) is 13.8 Å². The molecule has 0 aromatic carbocycles. The Balaban J connectivity index is 2.10. The number of hydrogen-bond donors (Lipinski definition) is 2. The number of sulfonamides is 1. The summed E-state index contributed by atoms with van der Waals surface area (Å²) < 4.78 is 31.7. The molecule has 0 bridgehead atoms. The monoisotopic (exact) mass is 316 g/mol. The molecule has 1 aliphatic rings. The van der Waals surface area contributed by atoms with Crippen molar-refractivity contribution in [3.8, 4) is 0 Å². The van der Waals surface area contributed by atoms with Crippen LogP contribution in [0.2, 0.25) is 0 Å². The van der Waals surface area contributed by atoms with Gasteiger partial charge in [-0.25, -0.2) is 8.42 Å². The average Bonchev–Trinajstić information content (AvgIpc) is 3.19. The molecule has 1 aromatic heterocycles. The Hall–Kier alpha value is -0.960. The van der Waals surface area contributed by atoms with Crippen molar-refractivity contribution in [3.63, 3.8) is 0 Å². The van der Waals surface area contributed by atoms with Crippen LogP contribution in [0.5, 0.6) is 0 Å². The molecule has 2 rings (SSSR count). The minimum Gasteiger partial charge on any atom is -0.380 e. The van der Waals surface area contributed by atoms with Gasteiger partial charge < -0.3 is 10.1 Å². The van der Waals surface area contributed by atoms with Gasteiger partial charge in [0.15, 0.2) is 5.03 Å². The summed E-state index contributed by atoms with van der Waals surface area (Å²) in [5.41, 5.74) is 1.52. The van der Waals surface area contributed by atoms with Gasteiger partial charge >= 0.3 is 0 Å². The largest absolute Gasteiger partial charge is 0.380 e. The van der Waals surface area contributed by atoms with Gasteiger partial charge in [0.05, 0.1) is 6.61 Å². The van der Waals surface area contributed by atoms with Gasteiger partial charge in [0.2, 0.25) is 0 Å². The maximum atomic E-state index is 12.6. The third kappa shape index (κ3) is 4.03. The lowest BCUT2D eigenvalue weighted by Crippen LogP contribution is -2.31. The molecule has 0 atom stereocenters. The third-order valence-corrected chi connectivity index (χ3v) is 5.42. The van der Waals surface area contributed by atoms with E-state index in [1.165, 1.54) is 4.31 Å². The summed E-state index contributed by atoms with van der Waals surface area (Å²) >= 11 is 0. The van der Waals surface area contributed by atoms with Crippen molar-refractivity contribution in [3.05, 3.63) is 11.3 Å². The minimum absolute atomic E-state index is 0.118. The summed E-state index contributed by atoms with van der Waals surface area (Å²) in [6.45, 7) is 5.53. The molecule has 1 saturated carbocycles. The predicted molar refractivity (Wildman–Crippen MR) is 79.5 cm³/mol. The molecule has 0 saturated heterocycles. The number of H-pyrrole nitrogens is 1. The Bertz CT molecular complexity index is 566. The van der Waals surface area contributed by atoms with E-state index in [9.17, 15) is 8.42 Å². The number of likely N-dealkylation sites (N-methyl/N-ethyl adjacent to an activating group) is 1. The third-order valence-electron chi connectivity index (χ3n) is 3.59. The molecule has 0 aliphatic heterocycles. The second kappa shape index (κ2) is 6.87. The summed E-state index contributed by atoms with van der Waals surface area (Å²) in [7, 11) is -2.03. The summed E-state index contributed by atoms with van der Waals surface area (Å²) in [6.07, 6.45) is 2.32. The van der Waals surface area contributed by atoms with Gasteiger partial charge in [-0.15, -0.1) is 0 Å². The maximum Gasteiger partial charge on any atom is 0.262 e. The van der Waals surface area contributed by atoms with Gasteiger partial charge in [0.25, 0.3) is 10.0 Å². The van der Waals surface area contributed by atoms with Crippen molar-refractivity contribution in [2.45, 2.75) is 44.3 Å². The molecular formula is C13H24N4O3S. The van der Waals surface area contributed by atoms with Crippen molar-refractivity contribution in [1.29, 1.82) is 0 Å². The summed E-state index contributed by atoms with van der Waals surface area (Å²) in [5.74, 6) is 0. The number of rotatable bonds is 9. The predicted octanol–water partition coefficient (Wildman–Crippen LogP) is 0.627. The molecular weight excluding hydrogens is 292 g/mol. The summed E-state index contributed by atoms with van der Waals surface area (Å²) in [4.78, 5) is 0. The topological polar surface area (TPSA) is 87.3 Å². The van der Waals surface area contributed by atoms with E-state index in [1.54, 1.807) is 7.05 Å². The molecule has 120 valence electrons. The quantitative estimate of drug-likeness (QED) is 0.652. The Kier molecular flexibility index (Phi) is 5.37. The second-order valence-corrected chi connectivity index (χ2v) is 7.27. The molecule has 1 aliphatic carbocycles. The van der Waals surface area contributed by atoms with Crippen LogP contribution in [0.1, 0.15) is 31.0 Å². The van der Waals surface area contributed by atoms with Crippen molar-refractivity contribution in [2.24, 2.45) is 0 Å². The Morgan fingerprint density at radius 3 is 2.81 bits per heavy atom. The first-order chi connectivity index (χ1) is 9.96. The van der Waals surface area contributed by atoms with Crippen molar-refractivity contribution >= 4 is 10.0 Å². The maximum absolute atomic E-state index is 12.6. The zero-order valence-electron chi connectivity index (χ0n) is 12.8. The van der Waals surface area contributed by atoms with Gasteiger partial charge in [-0.05, 0) is 26.7 Å². The van der Waals surface area contributed by atoms with E-state index < -0.39 is 10.0 Å². The number of aromatic amines is 1. The lowest BCUT2D eigenvalue weighted by molar-refractivity contribution is 0.138. The lowest BCUT2D eigenvalue weighted by atomic mass is 10.2. The molecule has 7 nitrogen and oxygen atoms in total. The van der Waals surface area contributed by atoms with Crippen molar-refractivity contribution in [2.75, 3.05) is 26.8 Å². The highest BCUT2D eigenvalue weighted by Crippen LogP contribution is 2.23. The first-order valence-electron chi connectivity index (χ1n) is 7.28. The van der Waals surface area contributed by atoms with E-state index in [0.29, 0.717) is 32.3 Å². The molecule has 1 heterocycles.